The van der Waals surface area contributed by atoms with Crippen LogP contribution in [0.4, 0.5) is 5.82 Å². The highest BCUT2D eigenvalue weighted by Crippen LogP contribution is 2.17. The van der Waals surface area contributed by atoms with E-state index in [-0.39, 0.29) is 5.91 Å². The second-order valence-electron chi connectivity index (χ2n) is 4.63. The molecule has 0 fully saturated rings. The van der Waals surface area contributed by atoms with E-state index in [9.17, 15) is 4.79 Å². The maximum Gasteiger partial charge on any atom is 0.225 e. The first kappa shape index (κ1) is 15.5. The number of anilines is 1. The molecule has 110 valence electrons. The average molecular weight is 349 g/mol. The first-order valence-electron chi connectivity index (χ1n) is 6.75. The number of rotatable bonds is 6. The van der Waals surface area contributed by atoms with Gasteiger partial charge in [0.25, 0.3) is 0 Å². The Balaban J connectivity index is 1.71. The van der Waals surface area contributed by atoms with E-state index >= 15 is 0 Å². The third-order valence-corrected chi connectivity index (χ3v) is 3.70. The SMILES string of the molecule is Cc1cc(NC(=O)CCCOc2ccccc2)ncc1Br. The molecule has 21 heavy (non-hydrogen) atoms. The van der Waals surface area contributed by atoms with Gasteiger partial charge in [0.2, 0.25) is 5.91 Å². The number of aryl methyl sites for hydroxylation is 1. The molecule has 2 aromatic rings. The van der Waals surface area contributed by atoms with Crippen LogP contribution < -0.4 is 10.1 Å². The van der Waals surface area contributed by atoms with Crippen molar-refractivity contribution in [3.8, 4) is 5.75 Å². The van der Waals surface area contributed by atoms with E-state index in [2.05, 4.69) is 26.2 Å². The molecule has 0 unspecified atom stereocenters. The number of nitrogens with one attached hydrogen (secondary N) is 1. The van der Waals surface area contributed by atoms with Crippen LogP contribution in [0, 0.1) is 6.92 Å². The summed E-state index contributed by atoms with van der Waals surface area (Å²) in [6.07, 6.45) is 2.75. The fraction of sp³-hybridized carbons (Fsp3) is 0.250. The van der Waals surface area contributed by atoms with Gasteiger partial charge in [0, 0.05) is 17.1 Å². The predicted octanol–water partition coefficient (Wildman–Crippen LogP) is 3.95. The highest BCUT2D eigenvalue weighted by atomic mass is 79.9. The quantitative estimate of drug-likeness (QED) is 0.804. The minimum absolute atomic E-state index is 0.0547. The van der Waals surface area contributed by atoms with Crippen molar-refractivity contribution in [2.24, 2.45) is 0 Å². The number of pyridine rings is 1. The van der Waals surface area contributed by atoms with Gasteiger partial charge in [0.15, 0.2) is 0 Å². The largest absolute Gasteiger partial charge is 0.494 e. The number of aromatic nitrogens is 1. The number of nitrogens with zero attached hydrogens (tertiary/aromatic N) is 1. The Morgan fingerprint density at radius 3 is 2.81 bits per heavy atom. The molecule has 1 amide bonds. The number of benzene rings is 1. The smallest absolute Gasteiger partial charge is 0.225 e. The van der Waals surface area contributed by atoms with Gasteiger partial charge in [0.05, 0.1) is 6.61 Å². The number of carbonyl (C=O) groups excluding carboxylic acids is 1. The highest BCUT2D eigenvalue weighted by Gasteiger charge is 2.05. The van der Waals surface area contributed by atoms with E-state index in [1.165, 1.54) is 0 Å². The molecule has 0 radical (unpaired) electrons. The second-order valence-corrected chi connectivity index (χ2v) is 5.49. The van der Waals surface area contributed by atoms with Crippen molar-refractivity contribution in [3.63, 3.8) is 0 Å². The maximum atomic E-state index is 11.8. The number of hydrogen-bond acceptors (Lipinski definition) is 3. The lowest BCUT2D eigenvalue weighted by Crippen LogP contribution is -2.13. The van der Waals surface area contributed by atoms with Gasteiger partial charge < -0.3 is 10.1 Å². The first-order valence-corrected chi connectivity index (χ1v) is 7.54. The number of ether oxygens (including phenoxy) is 1. The number of halogens is 1. The molecule has 1 aromatic heterocycles. The molecule has 1 heterocycles. The minimum Gasteiger partial charge on any atom is -0.494 e. The van der Waals surface area contributed by atoms with Crippen molar-refractivity contribution in [1.82, 2.24) is 4.98 Å². The van der Waals surface area contributed by atoms with Gasteiger partial charge in [-0.25, -0.2) is 4.98 Å². The van der Waals surface area contributed by atoms with Crippen LogP contribution in [0.15, 0.2) is 47.1 Å². The van der Waals surface area contributed by atoms with E-state index in [1.54, 1.807) is 6.20 Å². The van der Waals surface area contributed by atoms with Crippen LogP contribution >= 0.6 is 15.9 Å². The van der Waals surface area contributed by atoms with Crippen LogP contribution in [0.25, 0.3) is 0 Å². The molecule has 0 bridgehead atoms. The van der Waals surface area contributed by atoms with E-state index < -0.39 is 0 Å². The molecule has 0 aliphatic rings. The third kappa shape index (κ3) is 5.19. The molecule has 1 N–H and O–H groups in total. The van der Waals surface area contributed by atoms with Gasteiger partial charge >= 0.3 is 0 Å². The van der Waals surface area contributed by atoms with Crippen LogP contribution in [-0.4, -0.2) is 17.5 Å². The van der Waals surface area contributed by atoms with E-state index in [1.807, 2.05) is 43.3 Å². The van der Waals surface area contributed by atoms with Crippen molar-refractivity contribution in [2.45, 2.75) is 19.8 Å². The predicted molar refractivity (Wildman–Crippen MR) is 86.5 cm³/mol. The lowest BCUT2D eigenvalue weighted by atomic mass is 10.3. The molecule has 5 heteroatoms. The zero-order chi connectivity index (χ0) is 15.1. The zero-order valence-electron chi connectivity index (χ0n) is 11.8. The normalized spacial score (nSPS) is 10.2. The van der Waals surface area contributed by atoms with E-state index in [4.69, 9.17) is 4.74 Å². The maximum absolute atomic E-state index is 11.8. The number of amides is 1. The van der Waals surface area contributed by atoms with Crippen LogP contribution in [0.2, 0.25) is 0 Å². The summed E-state index contributed by atoms with van der Waals surface area (Å²) in [6.45, 7) is 2.47. The molecular formula is C16H17BrN2O2. The molecular weight excluding hydrogens is 332 g/mol. The van der Waals surface area contributed by atoms with Crippen molar-refractivity contribution in [2.75, 3.05) is 11.9 Å². The topological polar surface area (TPSA) is 51.2 Å². The van der Waals surface area contributed by atoms with Crippen molar-refractivity contribution in [3.05, 3.63) is 52.6 Å². The molecule has 0 spiro atoms. The molecule has 0 aliphatic carbocycles. The standard InChI is InChI=1S/C16H17BrN2O2/c1-12-10-15(18-11-14(12)17)19-16(20)8-5-9-21-13-6-3-2-4-7-13/h2-4,6-7,10-11H,5,8-9H2,1H3,(H,18,19,20). The first-order chi connectivity index (χ1) is 10.1. The van der Waals surface area contributed by atoms with Crippen LogP contribution in [0.3, 0.4) is 0 Å². The highest BCUT2D eigenvalue weighted by molar-refractivity contribution is 9.10. The lowest BCUT2D eigenvalue weighted by Gasteiger charge is -2.07. The summed E-state index contributed by atoms with van der Waals surface area (Å²) < 4.78 is 6.47. The van der Waals surface area contributed by atoms with Gasteiger partial charge in [-0.05, 0) is 53.0 Å². The molecule has 0 aliphatic heterocycles. The Hall–Kier alpha value is -1.88. The van der Waals surface area contributed by atoms with Crippen molar-refractivity contribution in [1.29, 1.82) is 0 Å². The molecule has 2 rings (SSSR count). The Morgan fingerprint density at radius 1 is 1.33 bits per heavy atom. The fourth-order valence-electron chi connectivity index (χ4n) is 1.75. The summed E-state index contributed by atoms with van der Waals surface area (Å²) in [7, 11) is 0. The van der Waals surface area contributed by atoms with Crippen LogP contribution in [0.5, 0.6) is 5.75 Å². The Bertz CT molecular complexity index is 602. The molecule has 0 saturated heterocycles. The third-order valence-electron chi connectivity index (χ3n) is 2.87. The van der Waals surface area contributed by atoms with Gasteiger partial charge in [-0.2, -0.15) is 0 Å². The fourth-order valence-corrected chi connectivity index (χ4v) is 1.97. The lowest BCUT2D eigenvalue weighted by molar-refractivity contribution is -0.116. The van der Waals surface area contributed by atoms with Crippen molar-refractivity contribution < 1.29 is 9.53 Å². The van der Waals surface area contributed by atoms with Crippen molar-refractivity contribution >= 4 is 27.7 Å². The Labute approximate surface area is 132 Å². The van der Waals surface area contributed by atoms with Gasteiger partial charge in [0.1, 0.15) is 11.6 Å². The minimum atomic E-state index is -0.0547. The van der Waals surface area contributed by atoms with Gasteiger partial charge in [-0.15, -0.1) is 0 Å². The molecule has 4 nitrogen and oxygen atoms in total. The summed E-state index contributed by atoms with van der Waals surface area (Å²) in [5, 5.41) is 2.78. The molecule has 1 aromatic carbocycles. The monoisotopic (exact) mass is 348 g/mol. The summed E-state index contributed by atoms with van der Waals surface area (Å²) >= 11 is 3.38. The Kier molecular flexibility index (Phi) is 5.75. The number of para-hydroxylation sites is 1. The summed E-state index contributed by atoms with van der Waals surface area (Å²) in [4.78, 5) is 15.9. The van der Waals surface area contributed by atoms with Gasteiger partial charge in [-0.1, -0.05) is 18.2 Å². The van der Waals surface area contributed by atoms with E-state index in [0.717, 1.165) is 15.8 Å². The second kappa shape index (κ2) is 7.78. The van der Waals surface area contributed by atoms with Crippen LogP contribution in [-0.2, 0) is 4.79 Å². The zero-order valence-corrected chi connectivity index (χ0v) is 13.4. The molecule has 0 saturated carbocycles. The van der Waals surface area contributed by atoms with Crippen LogP contribution in [0.1, 0.15) is 18.4 Å². The average Bonchev–Trinajstić information content (AvgIpc) is 2.49. The summed E-state index contributed by atoms with van der Waals surface area (Å²) in [6, 6.07) is 11.4. The number of carbonyl (C=O) groups is 1. The van der Waals surface area contributed by atoms with E-state index in [0.29, 0.717) is 25.3 Å². The Morgan fingerprint density at radius 2 is 2.10 bits per heavy atom. The van der Waals surface area contributed by atoms with Gasteiger partial charge in [-0.3, -0.25) is 4.79 Å². The molecule has 0 atom stereocenters. The summed E-state index contributed by atoms with van der Waals surface area (Å²) in [5.41, 5.74) is 1.03. The number of hydrogen-bond donors (Lipinski definition) is 1. The summed E-state index contributed by atoms with van der Waals surface area (Å²) in [5.74, 6) is 1.34.